The summed E-state index contributed by atoms with van der Waals surface area (Å²) in [6, 6.07) is 71.2. The van der Waals surface area contributed by atoms with Gasteiger partial charge in [-0.1, -0.05) is 190 Å². The predicted octanol–water partition coefficient (Wildman–Crippen LogP) is 16.3. The minimum Gasteiger partial charge on any atom is -0.311 e. The Morgan fingerprint density at radius 1 is 0.426 bits per heavy atom. The first-order valence-corrected chi connectivity index (χ1v) is 24.5. The number of benzene rings is 8. The van der Waals surface area contributed by atoms with E-state index in [-0.39, 0.29) is 28.9 Å². The first-order valence-electron chi connectivity index (χ1n) is 24.5. The monoisotopic (exact) mass is 884 g/mol. The van der Waals surface area contributed by atoms with Gasteiger partial charge in [-0.3, -0.25) is 0 Å². The maximum Gasteiger partial charge on any atom is 0.248 e. The summed E-state index contributed by atoms with van der Waals surface area (Å²) in [6.07, 6.45) is 0. The summed E-state index contributed by atoms with van der Waals surface area (Å²) in [7, 11) is 0. The van der Waals surface area contributed by atoms with Crippen LogP contribution < -0.4 is 25.6 Å². The third kappa shape index (κ3) is 7.28. The SMILES string of the molecule is CC1C2=C(c3ccccc31)N(c1cccc(-c3ccc(C(C)(C)C)cc3)c1)c1cccc3c1B2c1ccc(N(c2ccc(C(C)(C)C)cc2)c2ccc(C(C)(C)C)cc2)cc1N3c1ccccc1. The number of rotatable bonds is 6. The van der Waals surface area contributed by atoms with Gasteiger partial charge in [0.1, 0.15) is 0 Å². The average molecular weight is 884 g/mol. The molecule has 0 saturated heterocycles. The summed E-state index contributed by atoms with van der Waals surface area (Å²) in [5, 5.41) is 0. The summed E-state index contributed by atoms with van der Waals surface area (Å²) in [4.78, 5) is 7.56. The van der Waals surface area contributed by atoms with Crippen molar-refractivity contribution >= 4 is 68.8 Å². The summed E-state index contributed by atoms with van der Waals surface area (Å²) in [6.45, 7) is 23.0. The normalized spacial score (nSPS) is 15.2. The van der Waals surface area contributed by atoms with Crippen molar-refractivity contribution < 1.29 is 0 Å². The van der Waals surface area contributed by atoms with Crippen LogP contribution in [0, 0.1) is 0 Å². The molecule has 0 radical (unpaired) electrons. The smallest absolute Gasteiger partial charge is 0.248 e. The minimum atomic E-state index is 0.0394. The molecule has 3 nitrogen and oxygen atoms in total. The van der Waals surface area contributed by atoms with E-state index in [9.17, 15) is 0 Å². The molecule has 0 N–H and O–H groups in total. The molecule has 0 amide bonds. The molecule has 2 aliphatic heterocycles. The van der Waals surface area contributed by atoms with Crippen LogP contribution in [-0.4, -0.2) is 6.71 Å². The van der Waals surface area contributed by atoms with Crippen LogP contribution in [0.4, 0.5) is 45.5 Å². The Kier molecular flexibility index (Phi) is 10.3. The standard InChI is InChI=1S/C64H62BN3/c1-42-53-22-14-15-23-54(53)61-59(42)65-55-39-38-52(66(49-34-30-46(31-35-49)63(5,6)7)50-36-32-47(33-37-50)64(8,9)10)41-58(55)67(48-19-12-11-13-20-48)56-24-17-25-57(60(56)65)68(61)51-21-16-18-44(40-51)43-26-28-45(29-27-43)62(2,3)4/h11-42H,1-10H3. The topological polar surface area (TPSA) is 9.72 Å². The third-order valence-corrected chi connectivity index (χ3v) is 14.8. The number of fused-ring (bicyclic) bond motifs is 5. The van der Waals surface area contributed by atoms with Gasteiger partial charge in [0.15, 0.2) is 0 Å². The molecular formula is C64H62BN3. The second-order valence-electron chi connectivity index (χ2n) is 22.3. The van der Waals surface area contributed by atoms with Crippen molar-refractivity contribution in [1.82, 2.24) is 0 Å². The highest BCUT2D eigenvalue weighted by molar-refractivity contribution is 6.96. The molecule has 0 bridgehead atoms. The molecule has 68 heavy (non-hydrogen) atoms. The fourth-order valence-corrected chi connectivity index (χ4v) is 11.1. The summed E-state index contributed by atoms with van der Waals surface area (Å²) >= 11 is 0. The van der Waals surface area contributed by atoms with E-state index < -0.39 is 0 Å². The first kappa shape index (κ1) is 43.5. The van der Waals surface area contributed by atoms with E-state index in [1.165, 1.54) is 83.8 Å². The fraction of sp³-hybridized carbons (Fsp3) is 0.219. The Balaban J connectivity index is 1.13. The second-order valence-corrected chi connectivity index (χ2v) is 22.3. The van der Waals surface area contributed by atoms with Crippen LogP contribution in [0.3, 0.4) is 0 Å². The lowest BCUT2D eigenvalue weighted by Crippen LogP contribution is -2.55. The molecule has 1 atom stereocenters. The van der Waals surface area contributed by atoms with E-state index in [4.69, 9.17) is 0 Å². The highest BCUT2D eigenvalue weighted by atomic mass is 15.2. The van der Waals surface area contributed by atoms with Crippen LogP contribution in [0.2, 0.25) is 0 Å². The molecular weight excluding hydrogens is 822 g/mol. The lowest BCUT2D eigenvalue weighted by Gasteiger charge is -2.45. The lowest BCUT2D eigenvalue weighted by molar-refractivity contribution is 0.590. The van der Waals surface area contributed by atoms with Crippen molar-refractivity contribution in [1.29, 1.82) is 0 Å². The van der Waals surface area contributed by atoms with E-state index in [1.54, 1.807) is 0 Å². The van der Waals surface area contributed by atoms with Crippen molar-refractivity contribution in [3.05, 3.63) is 221 Å². The summed E-state index contributed by atoms with van der Waals surface area (Å²) in [5.74, 6) is 0.206. The molecule has 1 aliphatic carbocycles. The summed E-state index contributed by atoms with van der Waals surface area (Å²) < 4.78 is 0. The molecule has 8 aromatic carbocycles. The van der Waals surface area contributed by atoms with Crippen molar-refractivity contribution in [3.8, 4) is 11.1 Å². The minimum absolute atomic E-state index is 0.0394. The quantitative estimate of drug-likeness (QED) is 0.154. The van der Waals surface area contributed by atoms with Gasteiger partial charge in [0.2, 0.25) is 6.71 Å². The molecule has 0 fully saturated rings. The maximum atomic E-state index is 2.59. The molecule has 8 aromatic rings. The maximum absolute atomic E-state index is 2.59. The molecule has 2 heterocycles. The van der Waals surface area contributed by atoms with Crippen molar-refractivity contribution in [3.63, 3.8) is 0 Å². The van der Waals surface area contributed by atoms with Gasteiger partial charge in [0.05, 0.1) is 0 Å². The van der Waals surface area contributed by atoms with E-state index in [1.807, 2.05) is 0 Å². The van der Waals surface area contributed by atoms with Crippen LogP contribution in [0.1, 0.15) is 103 Å². The average Bonchev–Trinajstić information content (AvgIpc) is 3.62. The zero-order valence-electron chi connectivity index (χ0n) is 41.4. The van der Waals surface area contributed by atoms with Crippen molar-refractivity contribution in [2.45, 2.75) is 91.4 Å². The van der Waals surface area contributed by atoms with Gasteiger partial charge in [-0.05, 0) is 139 Å². The zero-order chi connectivity index (χ0) is 47.3. The van der Waals surface area contributed by atoms with E-state index in [2.05, 4.69) is 272 Å². The van der Waals surface area contributed by atoms with Crippen LogP contribution in [-0.2, 0) is 16.2 Å². The van der Waals surface area contributed by atoms with Gasteiger partial charge in [0, 0.05) is 56.8 Å². The van der Waals surface area contributed by atoms with Gasteiger partial charge >= 0.3 is 0 Å². The number of nitrogens with zero attached hydrogens (tertiary/aromatic N) is 3. The van der Waals surface area contributed by atoms with Gasteiger partial charge in [-0.25, -0.2) is 0 Å². The Labute approximate surface area is 405 Å². The van der Waals surface area contributed by atoms with Crippen molar-refractivity contribution in [2.75, 3.05) is 14.7 Å². The van der Waals surface area contributed by atoms with Gasteiger partial charge in [0.25, 0.3) is 0 Å². The number of allylic oxidation sites excluding steroid dienone is 1. The Morgan fingerprint density at radius 3 is 1.54 bits per heavy atom. The summed E-state index contributed by atoms with van der Waals surface area (Å²) in [5.41, 5.74) is 24.1. The number of anilines is 8. The Hall–Kier alpha value is -7.04. The fourth-order valence-electron chi connectivity index (χ4n) is 11.1. The van der Waals surface area contributed by atoms with Crippen LogP contribution in [0.5, 0.6) is 0 Å². The van der Waals surface area contributed by atoms with E-state index in [0.29, 0.717) is 0 Å². The van der Waals surface area contributed by atoms with Crippen LogP contribution in [0.15, 0.2) is 194 Å². The number of hydrogen-bond acceptors (Lipinski definition) is 3. The molecule has 0 saturated carbocycles. The molecule has 0 aromatic heterocycles. The third-order valence-electron chi connectivity index (χ3n) is 14.8. The van der Waals surface area contributed by atoms with E-state index in [0.717, 1.165) is 22.7 Å². The number of hydrogen-bond donors (Lipinski definition) is 0. The largest absolute Gasteiger partial charge is 0.311 e. The highest BCUT2D eigenvalue weighted by Crippen LogP contribution is 2.54. The molecule has 3 aliphatic rings. The van der Waals surface area contributed by atoms with Gasteiger partial charge in [-0.15, -0.1) is 0 Å². The van der Waals surface area contributed by atoms with Crippen LogP contribution in [0.25, 0.3) is 16.8 Å². The molecule has 1 unspecified atom stereocenters. The Morgan fingerprint density at radius 2 is 0.941 bits per heavy atom. The van der Waals surface area contributed by atoms with Crippen LogP contribution >= 0.6 is 0 Å². The Bertz CT molecular complexity index is 3180. The second kappa shape index (κ2) is 16.1. The zero-order valence-corrected chi connectivity index (χ0v) is 41.4. The predicted molar refractivity (Wildman–Crippen MR) is 293 cm³/mol. The lowest BCUT2D eigenvalue weighted by atomic mass is 9.32. The molecule has 336 valence electrons. The van der Waals surface area contributed by atoms with E-state index >= 15 is 0 Å². The number of para-hydroxylation sites is 1. The molecule has 11 rings (SSSR count). The highest BCUT2D eigenvalue weighted by Gasteiger charge is 2.49. The van der Waals surface area contributed by atoms with Gasteiger partial charge in [-0.2, -0.15) is 0 Å². The molecule has 4 heteroatoms. The molecule has 0 spiro atoms. The first-order chi connectivity index (χ1) is 32.6. The van der Waals surface area contributed by atoms with Crippen molar-refractivity contribution in [2.24, 2.45) is 0 Å². The van der Waals surface area contributed by atoms with Gasteiger partial charge < -0.3 is 14.7 Å².